The van der Waals surface area contributed by atoms with Crippen LogP contribution in [0.2, 0.25) is 0 Å². The first kappa shape index (κ1) is 18.7. The molecule has 4 aromatic rings. The van der Waals surface area contributed by atoms with E-state index in [-0.39, 0.29) is 0 Å². The highest BCUT2D eigenvalue weighted by Gasteiger charge is 2.30. The summed E-state index contributed by atoms with van der Waals surface area (Å²) in [6.07, 6.45) is 1.78. The third kappa shape index (κ3) is 3.14. The molecule has 0 saturated carbocycles. The highest BCUT2D eigenvalue weighted by atomic mass is 32.1. The van der Waals surface area contributed by atoms with Gasteiger partial charge in [0.05, 0.1) is 5.71 Å². The Morgan fingerprint density at radius 2 is 1.87 bits per heavy atom. The maximum absolute atomic E-state index is 5.12. The fraction of sp³-hybridized carbons (Fsp3) is 0.240. The quantitative estimate of drug-likeness (QED) is 0.535. The van der Waals surface area contributed by atoms with Crippen molar-refractivity contribution in [2.24, 2.45) is 4.99 Å². The van der Waals surface area contributed by atoms with Crippen LogP contribution in [0.25, 0.3) is 5.00 Å². The predicted molar refractivity (Wildman–Crippen MR) is 124 cm³/mol. The molecule has 0 saturated heterocycles. The van der Waals surface area contributed by atoms with Gasteiger partial charge in [-0.05, 0) is 36.6 Å². The van der Waals surface area contributed by atoms with Gasteiger partial charge in [0.1, 0.15) is 17.4 Å². The van der Waals surface area contributed by atoms with E-state index in [0.717, 1.165) is 43.3 Å². The summed E-state index contributed by atoms with van der Waals surface area (Å²) in [5, 5.41) is 13.9. The summed E-state index contributed by atoms with van der Waals surface area (Å²) in [5.41, 5.74) is 7.53. The number of benzene rings is 2. The summed E-state index contributed by atoms with van der Waals surface area (Å²) in [7, 11) is 0. The van der Waals surface area contributed by atoms with Crippen LogP contribution in [0.1, 0.15) is 44.3 Å². The Morgan fingerprint density at radius 1 is 1.03 bits per heavy atom. The Kier molecular flexibility index (Phi) is 4.55. The fourth-order valence-corrected chi connectivity index (χ4v) is 5.95. The lowest BCUT2D eigenvalue weighted by atomic mass is 9.93. The second-order valence-electron chi connectivity index (χ2n) is 8.12. The van der Waals surface area contributed by atoms with Crippen molar-refractivity contribution >= 4 is 17.0 Å². The van der Waals surface area contributed by atoms with Crippen molar-refractivity contribution in [2.75, 3.05) is 6.54 Å². The number of fused-ring (bicyclic) bond motifs is 5. The first-order chi connectivity index (χ1) is 15.3. The normalized spacial score (nSPS) is 14.9. The fourth-order valence-electron chi connectivity index (χ4n) is 4.59. The lowest BCUT2D eigenvalue weighted by molar-refractivity contribution is 0.654. The summed E-state index contributed by atoms with van der Waals surface area (Å²) in [6.45, 7) is 4.63. The molecule has 2 aromatic carbocycles. The third-order valence-corrected chi connectivity index (χ3v) is 7.35. The van der Waals surface area contributed by atoms with E-state index >= 15 is 0 Å². The molecule has 0 bridgehead atoms. The second-order valence-corrected chi connectivity index (χ2v) is 9.20. The van der Waals surface area contributed by atoms with Crippen LogP contribution in [0.4, 0.5) is 0 Å². The predicted octanol–water partition coefficient (Wildman–Crippen LogP) is 4.22. The summed E-state index contributed by atoms with van der Waals surface area (Å²) in [4.78, 5) is 6.52. The van der Waals surface area contributed by atoms with Gasteiger partial charge in [0.25, 0.3) is 0 Å². The zero-order valence-electron chi connectivity index (χ0n) is 17.4. The molecule has 0 aliphatic carbocycles. The Labute approximate surface area is 185 Å². The number of hydrogen-bond acceptors (Lipinski definition) is 5. The van der Waals surface area contributed by atoms with Gasteiger partial charge in [0.15, 0.2) is 5.82 Å². The molecule has 0 amide bonds. The van der Waals surface area contributed by atoms with Crippen molar-refractivity contribution in [1.82, 2.24) is 20.1 Å². The van der Waals surface area contributed by atoms with Gasteiger partial charge >= 0.3 is 0 Å². The van der Waals surface area contributed by atoms with Crippen LogP contribution < -0.4 is 5.32 Å². The molecule has 2 aliphatic rings. The van der Waals surface area contributed by atoms with Crippen molar-refractivity contribution in [3.8, 4) is 5.00 Å². The molecule has 0 spiro atoms. The monoisotopic (exact) mass is 425 g/mol. The van der Waals surface area contributed by atoms with Gasteiger partial charge in [0.2, 0.25) is 0 Å². The molecule has 0 radical (unpaired) electrons. The first-order valence-corrected chi connectivity index (χ1v) is 11.5. The van der Waals surface area contributed by atoms with E-state index in [0.29, 0.717) is 6.54 Å². The minimum atomic E-state index is 0.542. The van der Waals surface area contributed by atoms with Crippen molar-refractivity contribution in [1.29, 1.82) is 0 Å². The molecule has 0 unspecified atom stereocenters. The topological polar surface area (TPSA) is 55.1 Å². The van der Waals surface area contributed by atoms with E-state index < -0.39 is 0 Å². The van der Waals surface area contributed by atoms with Gasteiger partial charge in [-0.15, -0.1) is 21.5 Å². The van der Waals surface area contributed by atoms with E-state index in [4.69, 9.17) is 4.99 Å². The summed E-state index contributed by atoms with van der Waals surface area (Å²) < 4.78 is 2.28. The minimum Gasteiger partial charge on any atom is -0.312 e. The Hall–Kier alpha value is -3.09. The highest BCUT2D eigenvalue weighted by Crippen LogP contribution is 2.39. The van der Waals surface area contributed by atoms with Gasteiger partial charge in [-0.3, -0.25) is 9.56 Å². The summed E-state index contributed by atoms with van der Waals surface area (Å²) in [6, 6.07) is 19.1. The maximum atomic E-state index is 5.12. The molecule has 0 fully saturated rings. The molecule has 31 heavy (non-hydrogen) atoms. The van der Waals surface area contributed by atoms with E-state index in [1.165, 1.54) is 37.7 Å². The van der Waals surface area contributed by atoms with Crippen LogP contribution in [0, 0.1) is 6.92 Å². The molecular formula is C25H23N5S. The smallest absolute Gasteiger partial charge is 0.160 e. The van der Waals surface area contributed by atoms with Crippen LogP contribution in [0.3, 0.4) is 0 Å². The second kappa shape index (κ2) is 7.55. The minimum absolute atomic E-state index is 0.542. The molecule has 2 aliphatic heterocycles. The van der Waals surface area contributed by atoms with Gasteiger partial charge in [0, 0.05) is 29.0 Å². The molecule has 6 rings (SSSR count). The largest absolute Gasteiger partial charge is 0.312 e. The van der Waals surface area contributed by atoms with Crippen molar-refractivity contribution in [2.45, 2.75) is 32.9 Å². The number of aromatic nitrogens is 3. The van der Waals surface area contributed by atoms with Crippen molar-refractivity contribution < 1.29 is 0 Å². The van der Waals surface area contributed by atoms with E-state index in [2.05, 4.69) is 81.6 Å². The van der Waals surface area contributed by atoms with Gasteiger partial charge in [-0.25, -0.2) is 0 Å². The average Bonchev–Trinajstić information content (AvgIpc) is 3.32. The third-order valence-electron chi connectivity index (χ3n) is 6.13. The standard InChI is InChI=1S/C25H23N5S/c1-16-7-5-6-10-18(16)24-23-19-11-12-26-14-20(19)31-25(23)30-21(28-29-22(30)15-27-24)13-17-8-3-2-4-9-17/h2-10,26H,11-15H2,1H3. The van der Waals surface area contributed by atoms with Crippen molar-refractivity contribution in [3.05, 3.63) is 98.9 Å². The molecule has 1 N–H and O–H groups in total. The first-order valence-electron chi connectivity index (χ1n) is 10.7. The number of hydrogen-bond donors (Lipinski definition) is 1. The lowest BCUT2D eigenvalue weighted by Gasteiger charge is -2.16. The number of nitrogens with one attached hydrogen (secondary N) is 1. The van der Waals surface area contributed by atoms with Gasteiger partial charge < -0.3 is 5.32 Å². The van der Waals surface area contributed by atoms with E-state index in [1.54, 1.807) is 0 Å². The Bertz CT molecular complexity index is 1300. The molecule has 4 heterocycles. The lowest BCUT2D eigenvalue weighted by Crippen LogP contribution is -2.23. The molecule has 5 nitrogen and oxygen atoms in total. The number of aliphatic imine (C=N–C) groups is 1. The van der Waals surface area contributed by atoms with Crippen molar-refractivity contribution in [3.63, 3.8) is 0 Å². The van der Waals surface area contributed by atoms with E-state index in [1.807, 2.05) is 11.3 Å². The maximum Gasteiger partial charge on any atom is 0.160 e. The van der Waals surface area contributed by atoms with Crippen LogP contribution in [-0.4, -0.2) is 27.0 Å². The SMILES string of the molecule is Cc1ccccc1C1=NCc2nnc(Cc3ccccc3)n2-c2sc3c(c21)CCNC3. The summed E-state index contributed by atoms with van der Waals surface area (Å²) in [5.74, 6) is 1.90. The van der Waals surface area contributed by atoms with Crippen LogP contribution in [0.15, 0.2) is 59.6 Å². The Balaban J connectivity index is 1.56. The van der Waals surface area contributed by atoms with Gasteiger partial charge in [-0.1, -0.05) is 54.6 Å². The zero-order valence-corrected chi connectivity index (χ0v) is 18.2. The van der Waals surface area contributed by atoms with Crippen LogP contribution in [0.5, 0.6) is 0 Å². The molecule has 0 atom stereocenters. The number of aryl methyl sites for hydroxylation is 1. The molecular weight excluding hydrogens is 402 g/mol. The zero-order chi connectivity index (χ0) is 20.8. The molecule has 154 valence electrons. The molecule has 2 aromatic heterocycles. The highest BCUT2D eigenvalue weighted by molar-refractivity contribution is 7.15. The average molecular weight is 426 g/mol. The Morgan fingerprint density at radius 3 is 2.74 bits per heavy atom. The van der Waals surface area contributed by atoms with Crippen LogP contribution >= 0.6 is 11.3 Å². The molecule has 6 heteroatoms. The van der Waals surface area contributed by atoms with E-state index in [9.17, 15) is 0 Å². The number of thiophene rings is 1. The van der Waals surface area contributed by atoms with Crippen LogP contribution in [-0.2, 0) is 25.9 Å². The number of rotatable bonds is 3. The number of nitrogens with zero attached hydrogens (tertiary/aromatic N) is 4. The summed E-state index contributed by atoms with van der Waals surface area (Å²) >= 11 is 1.87. The van der Waals surface area contributed by atoms with Gasteiger partial charge in [-0.2, -0.15) is 0 Å².